The van der Waals surface area contributed by atoms with E-state index < -0.39 is 0 Å². The molecule has 1 heteroatoms. The van der Waals surface area contributed by atoms with Crippen molar-refractivity contribution in [3.63, 3.8) is 0 Å². The minimum atomic E-state index is 0.0693. The van der Waals surface area contributed by atoms with Crippen molar-refractivity contribution in [3.8, 4) is 22.3 Å². The van der Waals surface area contributed by atoms with Crippen LogP contribution in [-0.4, -0.2) is 0 Å². The topological polar surface area (TPSA) is 3.24 Å². The van der Waals surface area contributed by atoms with Gasteiger partial charge in [-0.3, -0.25) is 0 Å². The van der Waals surface area contributed by atoms with E-state index in [0.717, 1.165) is 23.7 Å². The Bertz CT molecular complexity index is 2450. The average molecular weight is 748 g/mol. The predicted molar refractivity (Wildman–Crippen MR) is 238 cm³/mol. The van der Waals surface area contributed by atoms with Crippen LogP contribution in [-0.2, 0) is 27.1 Å². The van der Waals surface area contributed by atoms with Crippen LogP contribution in [0.25, 0.3) is 22.3 Å². The molecule has 2 spiro atoms. The third kappa shape index (κ3) is 4.22. The van der Waals surface area contributed by atoms with Crippen LogP contribution in [0.3, 0.4) is 0 Å². The Morgan fingerprint density at radius 2 is 1.02 bits per heavy atom. The van der Waals surface area contributed by atoms with Gasteiger partial charge < -0.3 is 4.90 Å². The van der Waals surface area contributed by atoms with Crippen LogP contribution in [0.5, 0.6) is 0 Å². The first-order chi connectivity index (χ1) is 27.2. The Kier molecular flexibility index (Phi) is 6.69. The number of rotatable bonds is 4. The summed E-state index contributed by atoms with van der Waals surface area (Å²) in [5, 5.41) is 0. The number of hydrogen-bond acceptors (Lipinski definition) is 1. The largest absolute Gasteiger partial charge is 0.310 e. The molecular formula is C56H61N. The van der Waals surface area contributed by atoms with E-state index in [1.54, 1.807) is 11.1 Å². The fourth-order valence-electron chi connectivity index (χ4n) is 15.5. The Balaban J connectivity index is 1.00. The lowest BCUT2D eigenvalue weighted by Gasteiger charge is -2.76. The molecule has 7 aliphatic carbocycles. The molecule has 6 atom stereocenters. The van der Waals surface area contributed by atoms with E-state index in [-0.39, 0.29) is 27.1 Å². The van der Waals surface area contributed by atoms with Crippen molar-refractivity contribution >= 4 is 17.1 Å². The van der Waals surface area contributed by atoms with Gasteiger partial charge in [0.15, 0.2) is 0 Å². The highest BCUT2D eigenvalue weighted by atomic mass is 15.2. The van der Waals surface area contributed by atoms with Gasteiger partial charge in [0.2, 0.25) is 0 Å². The number of anilines is 3. The van der Waals surface area contributed by atoms with Crippen molar-refractivity contribution in [2.45, 2.75) is 134 Å². The second-order valence-corrected chi connectivity index (χ2v) is 22.7. The normalized spacial score (nSPS) is 31.6. The summed E-state index contributed by atoms with van der Waals surface area (Å²) in [5.74, 6) is 3.70. The molecule has 0 aromatic heterocycles. The fraction of sp³-hybridized carbons (Fsp3) is 0.464. The summed E-state index contributed by atoms with van der Waals surface area (Å²) in [5.41, 5.74) is 20.3. The minimum absolute atomic E-state index is 0.0693. The smallest absolute Gasteiger partial charge is 0.0502 e. The van der Waals surface area contributed by atoms with Gasteiger partial charge in [0.1, 0.15) is 0 Å². The van der Waals surface area contributed by atoms with Crippen molar-refractivity contribution in [1.82, 2.24) is 0 Å². The number of hydrogen-bond donors (Lipinski definition) is 0. The molecule has 0 radical (unpaired) electrons. The maximum absolute atomic E-state index is 2.67. The molecule has 5 aromatic carbocycles. The molecule has 12 rings (SSSR count). The highest BCUT2D eigenvalue weighted by molar-refractivity contribution is 5.88. The first kappa shape index (κ1) is 34.9. The van der Waals surface area contributed by atoms with Crippen molar-refractivity contribution in [2.24, 2.45) is 29.1 Å². The standard InChI is InChI=1S/C56H61N/c1-51(2)25-27-53(5,6)49-43(51)15-11-17-45(49)57(46-18-12-16-44-50(46)54(7,8)28-26-52(44,3)4)38-22-19-35(20-23-38)36-21-24-42-40(31-36)39-13-9-10-14-41(39)56(42)47-30-34-29-37-32-48(56)55(37,47)33-34/h9-24,31,34,37,47-48H,25-30,32-33H2,1-8H3. The number of nitrogens with zero attached hydrogens (tertiary/aromatic N) is 1. The summed E-state index contributed by atoms with van der Waals surface area (Å²) in [7, 11) is 0. The third-order valence-electron chi connectivity index (χ3n) is 18.2. The zero-order valence-corrected chi connectivity index (χ0v) is 35.7. The van der Waals surface area contributed by atoms with Crippen LogP contribution in [0.2, 0.25) is 0 Å². The molecule has 0 saturated heterocycles. The van der Waals surface area contributed by atoms with Crippen LogP contribution >= 0.6 is 0 Å². The first-order valence-electron chi connectivity index (χ1n) is 22.6. The van der Waals surface area contributed by atoms with Gasteiger partial charge in [-0.1, -0.05) is 128 Å². The van der Waals surface area contributed by atoms with E-state index in [1.807, 2.05) is 0 Å². The molecule has 5 aromatic rings. The predicted octanol–water partition coefficient (Wildman–Crippen LogP) is 14.9. The molecule has 0 aliphatic heterocycles. The van der Waals surface area contributed by atoms with Crippen LogP contribution in [0.15, 0.2) is 103 Å². The van der Waals surface area contributed by atoms with E-state index >= 15 is 0 Å². The molecule has 0 heterocycles. The molecule has 2 bridgehead atoms. The molecule has 1 nitrogen and oxygen atoms in total. The second-order valence-electron chi connectivity index (χ2n) is 22.7. The number of fused-ring (bicyclic) bond motifs is 10. The molecule has 290 valence electrons. The monoisotopic (exact) mass is 747 g/mol. The maximum atomic E-state index is 2.67. The Hall–Kier alpha value is -4.10. The first-order valence-corrected chi connectivity index (χ1v) is 22.6. The molecule has 0 amide bonds. The fourth-order valence-corrected chi connectivity index (χ4v) is 15.5. The Morgan fingerprint density at radius 3 is 1.65 bits per heavy atom. The highest BCUT2D eigenvalue weighted by Gasteiger charge is 2.84. The second kappa shape index (κ2) is 10.9. The maximum Gasteiger partial charge on any atom is 0.0502 e. The molecule has 0 N–H and O–H groups in total. The minimum Gasteiger partial charge on any atom is -0.310 e. The van der Waals surface area contributed by atoms with Crippen molar-refractivity contribution in [3.05, 3.63) is 137 Å². The van der Waals surface area contributed by atoms with Gasteiger partial charge in [0.25, 0.3) is 0 Å². The summed E-state index contributed by atoms with van der Waals surface area (Å²) >= 11 is 0. The summed E-state index contributed by atoms with van der Waals surface area (Å²) in [6.45, 7) is 19.8. The number of benzene rings is 5. The quantitative estimate of drug-likeness (QED) is 0.177. The van der Waals surface area contributed by atoms with Gasteiger partial charge in [-0.2, -0.15) is 0 Å². The summed E-state index contributed by atoms with van der Waals surface area (Å²) in [6, 6.07) is 41.3. The summed E-state index contributed by atoms with van der Waals surface area (Å²) < 4.78 is 0. The van der Waals surface area contributed by atoms with Crippen molar-refractivity contribution < 1.29 is 0 Å². The van der Waals surface area contributed by atoms with Crippen LogP contribution in [0, 0.1) is 29.1 Å². The van der Waals surface area contributed by atoms with E-state index in [9.17, 15) is 0 Å². The highest BCUT2D eigenvalue weighted by Crippen LogP contribution is 2.89. The molecule has 7 aliphatic rings. The van der Waals surface area contributed by atoms with E-state index in [1.165, 1.54) is 113 Å². The lowest BCUT2D eigenvalue weighted by atomic mass is 9.27. The third-order valence-corrected chi connectivity index (χ3v) is 18.2. The lowest BCUT2D eigenvalue weighted by molar-refractivity contribution is -0.231. The van der Waals surface area contributed by atoms with Gasteiger partial charge >= 0.3 is 0 Å². The van der Waals surface area contributed by atoms with Gasteiger partial charge in [-0.25, -0.2) is 0 Å². The van der Waals surface area contributed by atoms with E-state index in [0.29, 0.717) is 5.41 Å². The van der Waals surface area contributed by atoms with E-state index in [4.69, 9.17) is 0 Å². The molecule has 4 fully saturated rings. The van der Waals surface area contributed by atoms with Crippen LogP contribution in [0.4, 0.5) is 17.1 Å². The lowest BCUT2D eigenvalue weighted by Crippen LogP contribution is -2.73. The SMILES string of the molecule is CC1(C)CCC(C)(C)c2c(N(c3ccc(-c4ccc5c(c4)-c4ccccc4C54C5CC6CC7CC4C75C6)cc3)c3cccc4c3C(C)(C)CCC4(C)C)cccc21. The van der Waals surface area contributed by atoms with Crippen LogP contribution < -0.4 is 4.90 Å². The Morgan fingerprint density at radius 1 is 0.474 bits per heavy atom. The average Bonchev–Trinajstić information content (AvgIpc) is 3.83. The van der Waals surface area contributed by atoms with Crippen molar-refractivity contribution in [2.75, 3.05) is 4.90 Å². The zero-order valence-electron chi connectivity index (χ0n) is 35.7. The summed E-state index contributed by atoms with van der Waals surface area (Å²) in [4.78, 5) is 2.67. The van der Waals surface area contributed by atoms with Gasteiger partial charge in [-0.15, -0.1) is 0 Å². The van der Waals surface area contributed by atoms with Gasteiger partial charge in [-0.05, 0) is 188 Å². The summed E-state index contributed by atoms with van der Waals surface area (Å²) in [6.07, 6.45) is 10.8. The van der Waals surface area contributed by atoms with Crippen molar-refractivity contribution in [1.29, 1.82) is 0 Å². The van der Waals surface area contributed by atoms with Gasteiger partial charge in [0.05, 0.1) is 11.4 Å². The Labute approximate surface area is 342 Å². The molecule has 6 unspecified atom stereocenters. The molecule has 4 saturated carbocycles. The molecule has 57 heavy (non-hydrogen) atoms. The van der Waals surface area contributed by atoms with Crippen LogP contribution in [0.1, 0.15) is 140 Å². The molecular weight excluding hydrogens is 687 g/mol. The van der Waals surface area contributed by atoms with E-state index in [2.05, 4.69) is 163 Å². The zero-order chi connectivity index (χ0) is 39.1. The van der Waals surface area contributed by atoms with Gasteiger partial charge in [0, 0.05) is 11.1 Å².